The van der Waals surface area contributed by atoms with Gasteiger partial charge in [0.15, 0.2) is 0 Å². The summed E-state index contributed by atoms with van der Waals surface area (Å²) >= 11 is 0. The van der Waals surface area contributed by atoms with Crippen molar-refractivity contribution in [3.63, 3.8) is 0 Å². The lowest BCUT2D eigenvalue weighted by molar-refractivity contribution is -0.140. The minimum atomic E-state index is -1.19. The third-order valence-corrected chi connectivity index (χ3v) is 1.42. The average Bonchev–Trinajstić information content (AvgIpc) is 2.18. The van der Waals surface area contributed by atoms with E-state index in [0.29, 0.717) is 13.0 Å². The van der Waals surface area contributed by atoms with Crippen LogP contribution in [0.4, 0.5) is 0 Å². The summed E-state index contributed by atoms with van der Waals surface area (Å²) in [6.45, 7) is -0.174. The summed E-state index contributed by atoms with van der Waals surface area (Å²) in [5.41, 5.74) is 10.4. The number of aliphatic hydroxyl groups is 1. The van der Waals surface area contributed by atoms with Gasteiger partial charge in [0.2, 0.25) is 0 Å². The van der Waals surface area contributed by atoms with E-state index in [2.05, 4.69) is 0 Å². The third kappa shape index (κ3) is 15.6. The molecule has 0 aliphatic carbocycles. The summed E-state index contributed by atoms with van der Waals surface area (Å²) in [4.78, 5) is 19.3. The number of carboxylic acids is 2. The second-order valence-corrected chi connectivity index (χ2v) is 2.78. The maximum atomic E-state index is 10.1. The first kappa shape index (κ1) is 16.3. The van der Waals surface area contributed by atoms with Gasteiger partial charge in [-0.1, -0.05) is 6.42 Å². The molecule has 0 aromatic heterocycles. The molecule has 0 saturated carbocycles. The fourth-order valence-corrected chi connectivity index (χ4v) is 0.632. The highest BCUT2D eigenvalue weighted by atomic mass is 16.4. The van der Waals surface area contributed by atoms with Crippen LogP contribution < -0.4 is 11.5 Å². The van der Waals surface area contributed by atoms with Gasteiger partial charge >= 0.3 is 11.9 Å². The van der Waals surface area contributed by atoms with Crippen molar-refractivity contribution in [3.05, 3.63) is 0 Å². The first-order valence-corrected chi connectivity index (χ1v) is 4.46. The molecule has 0 fully saturated rings. The monoisotopic (exact) mass is 222 g/mol. The molecule has 90 valence electrons. The van der Waals surface area contributed by atoms with Crippen LogP contribution in [0.5, 0.6) is 0 Å². The van der Waals surface area contributed by atoms with E-state index in [1.165, 1.54) is 0 Å². The van der Waals surface area contributed by atoms with Crippen LogP contribution in [0.25, 0.3) is 0 Å². The first-order valence-electron chi connectivity index (χ1n) is 4.46. The second kappa shape index (κ2) is 10.9. The number of unbranched alkanes of at least 4 members (excludes halogenated alkanes) is 1. The van der Waals surface area contributed by atoms with E-state index >= 15 is 0 Å². The Morgan fingerprint density at radius 1 is 1.20 bits per heavy atom. The number of carboxylic acid groups (broad SMARTS) is 2. The molecule has 0 amide bonds. The summed E-state index contributed by atoms with van der Waals surface area (Å²) in [5.74, 6) is -2.12. The standard InChI is InChI=1S/C6H14N2O2.C2H4O3/c7-4-2-1-3-5(8)6(9)10;3-1-2(4)5/h5H,1-4,7-8H2,(H,9,10);3H,1H2,(H,4,5). The van der Waals surface area contributed by atoms with Crippen molar-refractivity contribution in [2.75, 3.05) is 13.2 Å². The third-order valence-electron chi connectivity index (χ3n) is 1.42. The molecule has 15 heavy (non-hydrogen) atoms. The van der Waals surface area contributed by atoms with Crippen LogP contribution in [0, 0.1) is 0 Å². The van der Waals surface area contributed by atoms with Gasteiger partial charge in [0.25, 0.3) is 0 Å². The van der Waals surface area contributed by atoms with Gasteiger partial charge in [0, 0.05) is 0 Å². The zero-order valence-electron chi connectivity index (χ0n) is 8.43. The molecule has 1 atom stereocenters. The largest absolute Gasteiger partial charge is 0.480 e. The number of aliphatic carboxylic acids is 2. The predicted molar refractivity (Wildman–Crippen MR) is 53.2 cm³/mol. The Hall–Kier alpha value is -1.18. The Kier molecular flexibility index (Phi) is 11.8. The van der Waals surface area contributed by atoms with Crippen molar-refractivity contribution < 1.29 is 24.9 Å². The van der Waals surface area contributed by atoms with E-state index in [9.17, 15) is 4.79 Å². The van der Waals surface area contributed by atoms with Crippen LogP contribution in [0.2, 0.25) is 0 Å². The van der Waals surface area contributed by atoms with Gasteiger partial charge in [-0.2, -0.15) is 0 Å². The molecule has 7 heteroatoms. The van der Waals surface area contributed by atoms with Crippen LogP contribution in [0.15, 0.2) is 0 Å². The molecule has 0 spiro atoms. The van der Waals surface area contributed by atoms with Crippen LogP contribution in [0.3, 0.4) is 0 Å². The molecule has 0 heterocycles. The number of rotatable bonds is 6. The number of hydrogen-bond donors (Lipinski definition) is 5. The molecule has 0 bridgehead atoms. The quantitative estimate of drug-likeness (QED) is 0.347. The van der Waals surface area contributed by atoms with Crippen molar-refractivity contribution >= 4 is 11.9 Å². The van der Waals surface area contributed by atoms with Gasteiger partial charge in [-0.05, 0) is 19.4 Å². The van der Waals surface area contributed by atoms with E-state index < -0.39 is 24.6 Å². The minimum Gasteiger partial charge on any atom is -0.480 e. The van der Waals surface area contributed by atoms with Gasteiger partial charge in [-0.15, -0.1) is 0 Å². The SMILES string of the molecule is NCCCCC(N)C(=O)O.O=C(O)CO. The Morgan fingerprint density at radius 3 is 1.93 bits per heavy atom. The Bertz CT molecular complexity index is 186. The summed E-state index contributed by atoms with van der Waals surface area (Å²) in [5, 5.41) is 23.3. The van der Waals surface area contributed by atoms with Crippen molar-refractivity contribution in [2.45, 2.75) is 25.3 Å². The number of hydrogen-bond acceptors (Lipinski definition) is 5. The lowest BCUT2D eigenvalue weighted by Gasteiger charge is -2.03. The highest BCUT2D eigenvalue weighted by Crippen LogP contribution is 1.96. The molecule has 0 saturated heterocycles. The zero-order valence-corrected chi connectivity index (χ0v) is 8.43. The number of nitrogens with two attached hydrogens (primary N) is 2. The van der Waals surface area contributed by atoms with Crippen LogP contribution >= 0.6 is 0 Å². The van der Waals surface area contributed by atoms with Gasteiger partial charge in [0.05, 0.1) is 0 Å². The average molecular weight is 222 g/mol. The Morgan fingerprint density at radius 2 is 1.67 bits per heavy atom. The van der Waals surface area contributed by atoms with Crippen molar-refractivity contribution in [1.82, 2.24) is 0 Å². The molecule has 7 N–H and O–H groups in total. The van der Waals surface area contributed by atoms with E-state index in [1.54, 1.807) is 0 Å². The molecule has 0 aromatic rings. The minimum absolute atomic E-state index is 0.520. The fourth-order valence-electron chi connectivity index (χ4n) is 0.632. The Balaban J connectivity index is 0. The van der Waals surface area contributed by atoms with Gasteiger partial charge in [0.1, 0.15) is 12.6 Å². The Labute approximate surface area is 87.7 Å². The lowest BCUT2D eigenvalue weighted by Crippen LogP contribution is -2.29. The highest BCUT2D eigenvalue weighted by molar-refractivity contribution is 5.72. The van der Waals surface area contributed by atoms with Crippen molar-refractivity contribution in [3.8, 4) is 0 Å². The molecule has 7 nitrogen and oxygen atoms in total. The molecule has 0 radical (unpaired) electrons. The molecule has 0 rings (SSSR count). The van der Waals surface area contributed by atoms with Crippen LogP contribution in [0.1, 0.15) is 19.3 Å². The lowest BCUT2D eigenvalue weighted by atomic mass is 10.1. The van der Waals surface area contributed by atoms with Gasteiger partial charge in [-0.25, -0.2) is 4.79 Å². The molecule has 0 aliphatic heterocycles. The number of aliphatic hydroxyl groups excluding tert-OH is 1. The molecular formula is C8H18N2O5. The van der Waals surface area contributed by atoms with Crippen molar-refractivity contribution in [2.24, 2.45) is 11.5 Å². The number of carbonyl (C=O) groups is 2. The summed E-state index contributed by atoms with van der Waals surface area (Å²) in [7, 11) is 0. The van der Waals surface area contributed by atoms with E-state index in [-0.39, 0.29) is 0 Å². The first-order chi connectivity index (χ1) is 6.95. The van der Waals surface area contributed by atoms with Gasteiger partial charge < -0.3 is 26.8 Å². The highest BCUT2D eigenvalue weighted by Gasteiger charge is 2.09. The van der Waals surface area contributed by atoms with Crippen LogP contribution in [-0.4, -0.2) is 46.5 Å². The van der Waals surface area contributed by atoms with Crippen molar-refractivity contribution in [1.29, 1.82) is 0 Å². The fraction of sp³-hybridized carbons (Fsp3) is 0.750. The molecule has 0 aromatic carbocycles. The maximum absolute atomic E-state index is 10.1. The normalized spacial score (nSPS) is 11.1. The summed E-state index contributed by atoms with van der Waals surface area (Å²) in [6.07, 6.45) is 2.16. The molecule has 0 aliphatic rings. The van der Waals surface area contributed by atoms with E-state index in [1.807, 2.05) is 0 Å². The second-order valence-electron chi connectivity index (χ2n) is 2.78. The topological polar surface area (TPSA) is 147 Å². The van der Waals surface area contributed by atoms with E-state index in [0.717, 1.165) is 12.8 Å². The molecular weight excluding hydrogens is 204 g/mol. The van der Waals surface area contributed by atoms with Gasteiger partial charge in [-0.3, -0.25) is 4.79 Å². The zero-order chi connectivity index (χ0) is 12.3. The predicted octanol–water partition coefficient (Wildman–Crippen LogP) is -1.41. The molecule has 1 unspecified atom stereocenters. The van der Waals surface area contributed by atoms with Crippen LogP contribution in [-0.2, 0) is 9.59 Å². The maximum Gasteiger partial charge on any atom is 0.329 e. The van der Waals surface area contributed by atoms with E-state index in [4.69, 9.17) is 31.6 Å². The smallest absolute Gasteiger partial charge is 0.329 e. The summed E-state index contributed by atoms with van der Waals surface area (Å²) in [6, 6.07) is -0.716. The summed E-state index contributed by atoms with van der Waals surface area (Å²) < 4.78 is 0.